The smallest absolute Gasteiger partial charge is 0.122 e. The van der Waals surface area contributed by atoms with Crippen LogP contribution in [0.3, 0.4) is 0 Å². The quantitative estimate of drug-likeness (QED) is 0.798. The molecule has 0 saturated heterocycles. The largest absolute Gasteiger partial charge is 0.496 e. The average molecular weight is 281 g/mol. The molecule has 0 radical (unpaired) electrons. The van der Waals surface area contributed by atoms with E-state index in [1.54, 1.807) is 7.11 Å². The molecule has 0 aliphatic carbocycles. The summed E-state index contributed by atoms with van der Waals surface area (Å²) in [6.07, 6.45) is 1.19. The number of hydrogen-bond donors (Lipinski definition) is 2. The highest BCUT2D eigenvalue weighted by Gasteiger charge is 2.03. The van der Waals surface area contributed by atoms with Gasteiger partial charge in [0.2, 0.25) is 0 Å². The first kappa shape index (κ1) is 14.7. The van der Waals surface area contributed by atoms with E-state index >= 15 is 0 Å². The van der Waals surface area contributed by atoms with E-state index in [2.05, 4.69) is 17.5 Å². The zero-order valence-electron chi connectivity index (χ0n) is 12.1. The second kappa shape index (κ2) is 7.20. The lowest BCUT2D eigenvalue weighted by molar-refractivity contribution is 0.410. The van der Waals surface area contributed by atoms with Crippen LogP contribution < -0.4 is 15.8 Å². The maximum absolute atomic E-state index is 8.78. The van der Waals surface area contributed by atoms with Gasteiger partial charge < -0.3 is 15.8 Å². The van der Waals surface area contributed by atoms with Crippen LogP contribution >= 0.6 is 0 Å². The van der Waals surface area contributed by atoms with Gasteiger partial charge in [0.1, 0.15) is 5.75 Å². The van der Waals surface area contributed by atoms with Crippen molar-refractivity contribution in [2.24, 2.45) is 0 Å². The number of anilines is 2. The summed E-state index contributed by atoms with van der Waals surface area (Å²) in [4.78, 5) is 0. The molecule has 2 rings (SSSR count). The van der Waals surface area contributed by atoms with Gasteiger partial charge in [-0.3, -0.25) is 0 Å². The first-order valence-corrected chi connectivity index (χ1v) is 6.85. The lowest BCUT2D eigenvalue weighted by Crippen LogP contribution is -2.06. The molecular weight excluding hydrogens is 262 g/mol. The maximum Gasteiger partial charge on any atom is 0.122 e. The monoisotopic (exact) mass is 281 g/mol. The summed E-state index contributed by atoms with van der Waals surface area (Å²) < 4.78 is 5.33. The number of para-hydroxylation sites is 1. The van der Waals surface area contributed by atoms with Crippen molar-refractivity contribution in [2.75, 3.05) is 24.7 Å². The van der Waals surface area contributed by atoms with Crippen LogP contribution in [0.5, 0.6) is 5.75 Å². The summed E-state index contributed by atoms with van der Waals surface area (Å²) in [5.74, 6) is 0.904. The van der Waals surface area contributed by atoms with Crippen molar-refractivity contribution in [3.05, 3.63) is 53.6 Å². The number of nitrogen functional groups attached to an aromatic ring is 1. The van der Waals surface area contributed by atoms with Gasteiger partial charge in [-0.05, 0) is 41.8 Å². The molecule has 0 atom stereocenters. The van der Waals surface area contributed by atoms with Crippen LogP contribution in [0.25, 0.3) is 0 Å². The number of rotatable bonds is 6. The molecule has 0 unspecified atom stereocenters. The molecule has 0 bridgehead atoms. The number of nitrogens with two attached hydrogens (primary N) is 1. The van der Waals surface area contributed by atoms with Gasteiger partial charge in [-0.2, -0.15) is 5.26 Å². The minimum atomic E-state index is 0.327. The van der Waals surface area contributed by atoms with Crippen LogP contribution in [0.15, 0.2) is 42.5 Å². The van der Waals surface area contributed by atoms with Crippen LogP contribution in [0, 0.1) is 11.3 Å². The van der Waals surface area contributed by atoms with Gasteiger partial charge in [-0.1, -0.05) is 18.2 Å². The van der Waals surface area contributed by atoms with Gasteiger partial charge in [0, 0.05) is 17.9 Å². The standard InChI is InChI=1S/C17H19N3O/c1-21-17-5-3-2-4-13(17)9-11-20-15-6-7-16(19)14(12-15)8-10-18/h2-7,12,20H,8-9,11,19H2,1H3. The van der Waals surface area contributed by atoms with Crippen molar-refractivity contribution in [3.63, 3.8) is 0 Å². The molecule has 0 saturated carbocycles. The second-order valence-corrected chi connectivity index (χ2v) is 4.74. The van der Waals surface area contributed by atoms with Gasteiger partial charge in [0.15, 0.2) is 0 Å². The van der Waals surface area contributed by atoms with E-state index in [-0.39, 0.29) is 0 Å². The fourth-order valence-electron chi connectivity index (χ4n) is 2.20. The Morgan fingerprint density at radius 1 is 1.19 bits per heavy atom. The molecule has 21 heavy (non-hydrogen) atoms. The first-order chi connectivity index (χ1) is 10.2. The Hall–Kier alpha value is -2.67. The third kappa shape index (κ3) is 3.90. The summed E-state index contributed by atoms with van der Waals surface area (Å²) in [5.41, 5.74) is 9.50. The van der Waals surface area contributed by atoms with E-state index in [1.165, 1.54) is 5.56 Å². The van der Waals surface area contributed by atoms with Gasteiger partial charge in [-0.25, -0.2) is 0 Å². The molecule has 0 spiro atoms. The van der Waals surface area contributed by atoms with Gasteiger partial charge in [0.25, 0.3) is 0 Å². The fourth-order valence-corrected chi connectivity index (χ4v) is 2.20. The van der Waals surface area contributed by atoms with Crippen molar-refractivity contribution in [2.45, 2.75) is 12.8 Å². The summed E-state index contributed by atoms with van der Waals surface area (Å²) in [7, 11) is 1.68. The molecule has 0 aliphatic rings. The van der Waals surface area contributed by atoms with Crippen LogP contribution in [0.1, 0.15) is 11.1 Å². The van der Waals surface area contributed by atoms with Crippen molar-refractivity contribution in [3.8, 4) is 11.8 Å². The molecule has 0 heterocycles. The van der Waals surface area contributed by atoms with Crippen molar-refractivity contribution in [1.82, 2.24) is 0 Å². The molecule has 108 valence electrons. The zero-order valence-corrected chi connectivity index (χ0v) is 12.1. The average Bonchev–Trinajstić information content (AvgIpc) is 2.51. The third-order valence-corrected chi connectivity index (χ3v) is 3.33. The molecule has 0 aliphatic heterocycles. The molecule has 2 aromatic rings. The predicted octanol–water partition coefficient (Wildman–Crippen LogP) is 3.00. The number of ether oxygens (including phenoxy) is 1. The van der Waals surface area contributed by atoms with E-state index in [0.717, 1.165) is 30.0 Å². The molecule has 2 aromatic carbocycles. The molecule has 0 aromatic heterocycles. The Morgan fingerprint density at radius 2 is 2.00 bits per heavy atom. The lowest BCUT2D eigenvalue weighted by atomic mass is 10.1. The highest BCUT2D eigenvalue weighted by Crippen LogP contribution is 2.20. The summed E-state index contributed by atoms with van der Waals surface area (Å²) >= 11 is 0. The number of methoxy groups -OCH3 is 1. The Kier molecular flexibility index (Phi) is 5.05. The van der Waals surface area contributed by atoms with E-state index in [4.69, 9.17) is 15.7 Å². The molecule has 0 fully saturated rings. The van der Waals surface area contributed by atoms with E-state index in [9.17, 15) is 0 Å². The van der Waals surface area contributed by atoms with Crippen molar-refractivity contribution >= 4 is 11.4 Å². The topological polar surface area (TPSA) is 71.1 Å². The van der Waals surface area contributed by atoms with E-state index < -0.39 is 0 Å². The SMILES string of the molecule is COc1ccccc1CCNc1ccc(N)c(CC#N)c1. The Balaban J connectivity index is 1.97. The summed E-state index contributed by atoms with van der Waals surface area (Å²) in [6.45, 7) is 0.788. The minimum Gasteiger partial charge on any atom is -0.496 e. The number of nitrogens with one attached hydrogen (secondary N) is 1. The highest BCUT2D eigenvalue weighted by atomic mass is 16.5. The molecule has 3 N–H and O–H groups in total. The highest BCUT2D eigenvalue weighted by molar-refractivity contribution is 5.58. The predicted molar refractivity (Wildman–Crippen MR) is 85.4 cm³/mol. The second-order valence-electron chi connectivity index (χ2n) is 4.74. The zero-order chi connectivity index (χ0) is 15.1. The summed E-state index contributed by atoms with van der Waals surface area (Å²) in [5, 5.41) is 12.1. The number of nitrogens with zero attached hydrogens (tertiary/aromatic N) is 1. The van der Waals surface area contributed by atoms with Crippen molar-refractivity contribution in [1.29, 1.82) is 5.26 Å². The third-order valence-electron chi connectivity index (χ3n) is 3.33. The number of hydrogen-bond acceptors (Lipinski definition) is 4. The van der Waals surface area contributed by atoms with E-state index in [0.29, 0.717) is 12.1 Å². The minimum absolute atomic E-state index is 0.327. The van der Waals surface area contributed by atoms with E-state index in [1.807, 2.05) is 36.4 Å². The Bertz CT molecular complexity index is 647. The maximum atomic E-state index is 8.78. The molecule has 0 amide bonds. The number of nitriles is 1. The van der Waals surface area contributed by atoms with Gasteiger partial charge >= 0.3 is 0 Å². The van der Waals surface area contributed by atoms with Crippen LogP contribution in [0.4, 0.5) is 11.4 Å². The van der Waals surface area contributed by atoms with Crippen LogP contribution in [-0.2, 0) is 12.8 Å². The molecule has 4 nitrogen and oxygen atoms in total. The first-order valence-electron chi connectivity index (χ1n) is 6.85. The molecule has 4 heteroatoms. The summed E-state index contributed by atoms with van der Waals surface area (Å²) in [6, 6.07) is 15.8. The molecular formula is C17H19N3O. The lowest BCUT2D eigenvalue weighted by Gasteiger charge is -2.11. The van der Waals surface area contributed by atoms with Crippen LogP contribution in [0.2, 0.25) is 0 Å². The number of benzene rings is 2. The van der Waals surface area contributed by atoms with Crippen LogP contribution in [-0.4, -0.2) is 13.7 Å². The Morgan fingerprint density at radius 3 is 2.76 bits per heavy atom. The van der Waals surface area contributed by atoms with Crippen molar-refractivity contribution < 1.29 is 4.74 Å². The fraction of sp³-hybridized carbons (Fsp3) is 0.235. The van der Waals surface area contributed by atoms with Gasteiger partial charge in [-0.15, -0.1) is 0 Å². The van der Waals surface area contributed by atoms with Gasteiger partial charge in [0.05, 0.1) is 19.6 Å². The Labute approximate surface area is 125 Å². The normalized spacial score (nSPS) is 9.90.